The van der Waals surface area contributed by atoms with Crippen molar-refractivity contribution in [1.29, 1.82) is 0 Å². The fourth-order valence-electron chi connectivity index (χ4n) is 4.18. The molecular weight excluding hydrogens is 382 g/mol. The normalized spacial score (nSPS) is 15.7. The van der Waals surface area contributed by atoms with Crippen LogP contribution >= 0.6 is 0 Å². The van der Waals surface area contributed by atoms with E-state index in [1.54, 1.807) is 12.0 Å². The molecule has 3 aromatic rings. The van der Waals surface area contributed by atoms with Crippen molar-refractivity contribution < 1.29 is 18.7 Å². The zero-order valence-electron chi connectivity index (χ0n) is 17.7. The molecule has 0 fully saturated rings. The molecule has 1 aliphatic heterocycles. The standard InChI is InChI=1S/C24H25NO5/c1-5-29-17-8-6-7-16(13-17)20-19-21(26)18-12-14(2)11-15(3)22(18)30-23(19)24(27)25(20)9-10-28-4/h6-8,11-13,20H,5,9-10H2,1-4H3. The number of hydrogen-bond acceptors (Lipinski definition) is 5. The Morgan fingerprint density at radius 3 is 2.67 bits per heavy atom. The van der Waals surface area contributed by atoms with E-state index in [-0.39, 0.29) is 17.1 Å². The first-order valence-corrected chi connectivity index (χ1v) is 10.1. The van der Waals surface area contributed by atoms with Crippen LogP contribution in [0.3, 0.4) is 0 Å². The summed E-state index contributed by atoms with van der Waals surface area (Å²) in [4.78, 5) is 28.5. The van der Waals surface area contributed by atoms with Crippen molar-refractivity contribution in [3.8, 4) is 5.75 Å². The van der Waals surface area contributed by atoms with Gasteiger partial charge in [-0.25, -0.2) is 0 Å². The van der Waals surface area contributed by atoms with Crippen LogP contribution in [0.2, 0.25) is 0 Å². The lowest BCUT2D eigenvalue weighted by Gasteiger charge is -2.25. The number of ether oxygens (including phenoxy) is 2. The number of fused-ring (bicyclic) bond motifs is 2. The van der Waals surface area contributed by atoms with Crippen LogP contribution in [-0.4, -0.2) is 37.7 Å². The van der Waals surface area contributed by atoms with E-state index in [1.165, 1.54) is 0 Å². The van der Waals surface area contributed by atoms with Crippen molar-refractivity contribution in [2.24, 2.45) is 0 Å². The van der Waals surface area contributed by atoms with E-state index in [0.717, 1.165) is 16.7 Å². The van der Waals surface area contributed by atoms with E-state index in [2.05, 4.69) is 0 Å². The molecule has 156 valence electrons. The Balaban J connectivity index is 1.97. The topological polar surface area (TPSA) is 69.0 Å². The van der Waals surface area contributed by atoms with Crippen molar-refractivity contribution in [2.75, 3.05) is 26.9 Å². The zero-order chi connectivity index (χ0) is 21.4. The summed E-state index contributed by atoms with van der Waals surface area (Å²) in [6, 6.07) is 10.7. The lowest BCUT2D eigenvalue weighted by molar-refractivity contribution is 0.0663. The highest BCUT2D eigenvalue weighted by atomic mass is 16.5. The molecule has 1 atom stereocenters. The highest BCUT2D eigenvalue weighted by Gasteiger charge is 2.42. The smallest absolute Gasteiger partial charge is 0.290 e. The highest BCUT2D eigenvalue weighted by Crippen LogP contribution is 2.39. The molecule has 0 radical (unpaired) electrons. The van der Waals surface area contributed by atoms with Crippen LogP contribution in [0.4, 0.5) is 0 Å². The second kappa shape index (κ2) is 7.95. The fourth-order valence-corrected chi connectivity index (χ4v) is 4.18. The number of rotatable bonds is 6. The lowest BCUT2D eigenvalue weighted by atomic mass is 9.97. The number of aryl methyl sites for hydroxylation is 2. The summed E-state index contributed by atoms with van der Waals surface area (Å²) in [6.45, 7) is 6.97. The second-order valence-corrected chi connectivity index (χ2v) is 7.53. The van der Waals surface area contributed by atoms with Gasteiger partial charge in [0, 0.05) is 13.7 Å². The van der Waals surface area contributed by atoms with Gasteiger partial charge in [-0.15, -0.1) is 0 Å². The van der Waals surface area contributed by atoms with Crippen molar-refractivity contribution >= 4 is 16.9 Å². The molecule has 1 amide bonds. The maximum absolute atomic E-state index is 13.6. The van der Waals surface area contributed by atoms with Gasteiger partial charge in [-0.3, -0.25) is 9.59 Å². The number of carbonyl (C=O) groups is 1. The highest BCUT2D eigenvalue weighted by molar-refractivity contribution is 5.99. The van der Waals surface area contributed by atoms with E-state index >= 15 is 0 Å². The Kier molecular flexibility index (Phi) is 5.35. The van der Waals surface area contributed by atoms with E-state index in [0.29, 0.717) is 42.0 Å². The van der Waals surface area contributed by atoms with Gasteiger partial charge >= 0.3 is 0 Å². The Morgan fingerprint density at radius 1 is 1.13 bits per heavy atom. The molecule has 0 saturated heterocycles. The van der Waals surface area contributed by atoms with Crippen LogP contribution in [0.15, 0.2) is 45.6 Å². The Hall–Kier alpha value is -3.12. The van der Waals surface area contributed by atoms with Gasteiger partial charge in [-0.1, -0.05) is 18.2 Å². The predicted molar refractivity (Wildman–Crippen MR) is 114 cm³/mol. The predicted octanol–water partition coefficient (Wildman–Crippen LogP) is 4.00. The lowest BCUT2D eigenvalue weighted by Crippen LogP contribution is -2.32. The minimum absolute atomic E-state index is 0.113. The number of methoxy groups -OCH3 is 1. The third-order valence-electron chi connectivity index (χ3n) is 5.42. The minimum atomic E-state index is -0.551. The van der Waals surface area contributed by atoms with Gasteiger partial charge in [0.05, 0.1) is 30.2 Å². The SMILES string of the molecule is CCOc1cccc(C2c3c(oc4c(C)cc(C)cc4c3=O)C(=O)N2CCOC)c1. The van der Waals surface area contributed by atoms with Crippen molar-refractivity contribution in [1.82, 2.24) is 4.90 Å². The summed E-state index contributed by atoms with van der Waals surface area (Å²) in [7, 11) is 1.59. The van der Waals surface area contributed by atoms with Gasteiger partial charge < -0.3 is 18.8 Å². The first kappa shape index (κ1) is 20.2. The molecule has 4 rings (SSSR count). The maximum Gasteiger partial charge on any atom is 0.290 e. The fraction of sp³-hybridized carbons (Fsp3) is 0.333. The molecular formula is C24H25NO5. The van der Waals surface area contributed by atoms with Gasteiger partial charge in [0.15, 0.2) is 5.43 Å². The Morgan fingerprint density at radius 2 is 1.93 bits per heavy atom. The van der Waals surface area contributed by atoms with Crippen molar-refractivity contribution in [2.45, 2.75) is 26.8 Å². The quantitative estimate of drug-likeness (QED) is 0.618. The number of carbonyl (C=O) groups excluding carboxylic acids is 1. The first-order valence-electron chi connectivity index (χ1n) is 10.1. The van der Waals surface area contributed by atoms with Gasteiger partial charge in [0.25, 0.3) is 5.91 Å². The average molecular weight is 407 g/mol. The molecule has 6 heteroatoms. The molecule has 2 aromatic carbocycles. The van der Waals surface area contributed by atoms with E-state index < -0.39 is 6.04 Å². The van der Waals surface area contributed by atoms with Crippen LogP contribution in [0, 0.1) is 13.8 Å². The number of nitrogens with zero attached hydrogens (tertiary/aromatic N) is 1. The van der Waals surface area contributed by atoms with Gasteiger partial charge in [-0.2, -0.15) is 0 Å². The van der Waals surface area contributed by atoms with Crippen LogP contribution in [0.1, 0.15) is 45.8 Å². The molecule has 2 heterocycles. The number of amides is 1. The second-order valence-electron chi connectivity index (χ2n) is 7.53. The molecule has 0 saturated carbocycles. The number of hydrogen-bond donors (Lipinski definition) is 0. The van der Waals surface area contributed by atoms with Gasteiger partial charge in [-0.05, 0) is 55.7 Å². The zero-order valence-corrected chi connectivity index (χ0v) is 17.7. The molecule has 0 bridgehead atoms. The third-order valence-corrected chi connectivity index (χ3v) is 5.42. The molecule has 0 aliphatic carbocycles. The average Bonchev–Trinajstić information content (AvgIpc) is 3.00. The summed E-state index contributed by atoms with van der Waals surface area (Å²) in [6.07, 6.45) is 0. The largest absolute Gasteiger partial charge is 0.494 e. The number of benzene rings is 2. The summed E-state index contributed by atoms with van der Waals surface area (Å²) in [5, 5.41) is 0.499. The summed E-state index contributed by atoms with van der Waals surface area (Å²) in [5.41, 5.74) is 3.29. The molecule has 1 unspecified atom stereocenters. The maximum atomic E-state index is 13.6. The van der Waals surface area contributed by atoms with E-state index in [1.807, 2.05) is 57.2 Å². The van der Waals surface area contributed by atoms with Crippen LogP contribution in [0.5, 0.6) is 5.75 Å². The Bertz CT molecular complexity index is 1180. The molecule has 1 aliphatic rings. The van der Waals surface area contributed by atoms with Gasteiger partial charge in [0.1, 0.15) is 11.3 Å². The molecule has 6 nitrogen and oxygen atoms in total. The first-order chi connectivity index (χ1) is 14.5. The van der Waals surface area contributed by atoms with Crippen LogP contribution in [-0.2, 0) is 4.74 Å². The van der Waals surface area contributed by atoms with Gasteiger partial charge in [0.2, 0.25) is 5.76 Å². The summed E-state index contributed by atoms with van der Waals surface area (Å²) >= 11 is 0. The van der Waals surface area contributed by atoms with Crippen molar-refractivity contribution in [3.05, 3.63) is 74.6 Å². The van der Waals surface area contributed by atoms with Crippen molar-refractivity contribution in [3.63, 3.8) is 0 Å². The van der Waals surface area contributed by atoms with E-state index in [4.69, 9.17) is 13.9 Å². The molecule has 0 N–H and O–H groups in total. The van der Waals surface area contributed by atoms with E-state index in [9.17, 15) is 9.59 Å². The van der Waals surface area contributed by atoms with Crippen LogP contribution < -0.4 is 10.2 Å². The summed E-state index contributed by atoms with van der Waals surface area (Å²) < 4.78 is 16.9. The minimum Gasteiger partial charge on any atom is -0.494 e. The molecule has 0 spiro atoms. The monoisotopic (exact) mass is 407 g/mol. The third kappa shape index (κ3) is 3.27. The summed E-state index contributed by atoms with van der Waals surface area (Å²) in [5.74, 6) is 0.509. The molecule has 30 heavy (non-hydrogen) atoms. The molecule has 1 aromatic heterocycles. The Labute approximate surface area is 175 Å². The van der Waals surface area contributed by atoms with Crippen LogP contribution in [0.25, 0.3) is 11.0 Å².